The van der Waals surface area contributed by atoms with Crippen molar-refractivity contribution in [3.63, 3.8) is 0 Å². The number of carbonyl (C=O) groups is 1. The van der Waals surface area contributed by atoms with Crippen LogP contribution in [0.4, 0.5) is 0 Å². The Balaban J connectivity index is 1.95. The van der Waals surface area contributed by atoms with Gasteiger partial charge in [-0.25, -0.2) is 9.78 Å². The summed E-state index contributed by atoms with van der Waals surface area (Å²) in [4.78, 5) is 14.4. The molecule has 1 N–H and O–H groups in total. The molecule has 0 bridgehead atoms. The zero-order valence-corrected chi connectivity index (χ0v) is 9.20. The molecule has 0 radical (unpaired) electrons. The van der Waals surface area contributed by atoms with Gasteiger partial charge < -0.3 is 14.6 Å². The lowest BCUT2D eigenvalue weighted by Crippen LogP contribution is -2.16. The van der Waals surface area contributed by atoms with E-state index in [9.17, 15) is 4.79 Å². The molecule has 5 nitrogen and oxygen atoms in total. The second-order valence-electron chi connectivity index (χ2n) is 3.70. The van der Waals surface area contributed by atoms with Gasteiger partial charge in [-0.3, -0.25) is 0 Å². The van der Waals surface area contributed by atoms with Crippen molar-refractivity contribution in [1.29, 1.82) is 0 Å². The number of carboxylic acid groups (broad SMARTS) is 1. The quantitative estimate of drug-likeness (QED) is 0.798. The molecule has 1 fully saturated rings. The third kappa shape index (κ3) is 3.57. The van der Waals surface area contributed by atoms with E-state index in [1.807, 2.05) is 0 Å². The molecule has 2 rings (SSSR count). The third-order valence-electron chi connectivity index (χ3n) is 2.35. The molecular weight excluding hydrogens is 222 g/mol. The highest BCUT2D eigenvalue weighted by Crippen LogP contribution is 2.15. The summed E-state index contributed by atoms with van der Waals surface area (Å²) in [5.41, 5.74) is 0.724. The summed E-state index contributed by atoms with van der Waals surface area (Å²) in [5.74, 6) is -0.443. The Kier molecular flexibility index (Phi) is 3.72. The summed E-state index contributed by atoms with van der Waals surface area (Å²) >= 11 is 0. The summed E-state index contributed by atoms with van der Waals surface area (Å²) in [7, 11) is 0. The lowest BCUT2D eigenvalue weighted by atomic mass is 10.2. The summed E-state index contributed by atoms with van der Waals surface area (Å²) in [5, 5.41) is 8.47. The normalized spacial score (nSPS) is 19.6. The van der Waals surface area contributed by atoms with Gasteiger partial charge in [-0.1, -0.05) is 0 Å². The molecular formula is C12H13NO4. The zero-order chi connectivity index (χ0) is 12.1. The summed E-state index contributed by atoms with van der Waals surface area (Å²) < 4.78 is 10.8. The van der Waals surface area contributed by atoms with Crippen LogP contribution in [0.1, 0.15) is 12.0 Å². The van der Waals surface area contributed by atoms with E-state index in [0.29, 0.717) is 12.5 Å². The minimum atomic E-state index is -0.978. The molecule has 1 unspecified atom stereocenters. The van der Waals surface area contributed by atoms with E-state index in [4.69, 9.17) is 14.6 Å². The van der Waals surface area contributed by atoms with Crippen LogP contribution in [0.2, 0.25) is 0 Å². The molecule has 5 heteroatoms. The van der Waals surface area contributed by atoms with Gasteiger partial charge in [0.1, 0.15) is 6.10 Å². The van der Waals surface area contributed by atoms with E-state index in [0.717, 1.165) is 24.7 Å². The fourth-order valence-electron chi connectivity index (χ4n) is 1.50. The number of pyridine rings is 1. The Morgan fingerprint density at radius 2 is 2.47 bits per heavy atom. The predicted octanol–water partition coefficient (Wildman–Crippen LogP) is 1.35. The maximum absolute atomic E-state index is 10.3. The molecule has 1 saturated heterocycles. The van der Waals surface area contributed by atoms with Gasteiger partial charge in [-0.05, 0) is 17.7 Å². The lowest BCUT2D eigenvalue weighted by Gasteiger charge is -2.10. The van der Waals surface area contributed by atoms with Gasteiger partial charge >= 0.3 is 5.97 Å². The third-order valence-corrected chi connectivity index (χ3v) is 2.35. The molecule has 1 aliphatic rings. The van der Waals surface area contributed by atoms with Crippen LogP contribution in [0, 0.1) is 0 Å². The average molecular weight is 235 g/mol. The van der Waals surface area contributed by atoms with Gasteiger partial charge in [-0.15, -0.1) is 0 Å². The van der Waals surface area contributed by atoms with Crippen LogP contribution >= 0.6 is 0 Å². The summed E-state index contributed by atoms with van der Waals surface area (Å²) in [6.45, 7) is 1.33. The van der Waals surface area contributed by atoms with Gasteiger partial charge in [0.05, 0.1) is 13.2 Å². The van der Waals surface area contributed by atoms with Gasteiger partial charge in [0.2, 0.25) is 5.88 Å². The Bertz CT molecular complexity index is 407. The molecule has 0 amide bonds. The van der Waals surface area contributed by atoms with E-state index in [1.54, 1.807) is 18.3 Å². The van der Waals surface area contributed by atoms with Crippen LogP contribution < -0.4 is 4.74 Å². The number of hydrogen-bond donors (Lipinski definition) is 1. The molecule has 0 aliphatic carbocycles. The van der Waals surface area contributed by atoms with E-state index >= 15 is 0 Å². The molecule has 1 aromatic rings. The van der Waals surface area contributed by atoms with Crippen molar-refractivity contribution in [1.82, 2.24) is 4.98 Å². The van der Waals surface area contributed by atoms with Crippen molar-refractivity contribution in [3.8, 4) is 5.88 Å². The van der Waals surface area contributed by atoms with Crippen LogP contribution in [0.5, 0.6) is 5.88 Å². The van der Waals surface area contributed by atoms with Gasteiger partial charge in [0.25, 0.3) is 0 Å². The van der Waals surface area contributed by atoms with E-state index in [2.05, 4.69) is 4.98 Å². The van der Waals surface area contributed by atoms with Gasteiger partial charge in [0, 0.05) is 24.8 Å². The summed E-state index contributed by atoms with van der Waals surface area (Å²) in [6, 6.07) is 3.48. The van der Waals surface area contributed by atoms with Gasteiger partial charge in [0.15, 0.2) is 0 Å². The van der Waals surface area contributed by atoms with E-state index < -0.39 is 5.97 Å². The first-order valence-electron chi connectivity index (χ1n) is 5.35. The molecule has 90 valence electrons. The number of aliphatic carboxylic acids is 1. The second-order valence-corrected chi connectivity index (χ2v) is 3.70. The lowest BCUT2D eigenvalue weighted by molar-refractivity contribution is -0.131. The largest absolute Gasteiger partial charge is 0.478 e. The molecule has 0 saturated carbocycles. The van der Waals surface area contributed by atoms with Crippen molar-refractivity contribution < 1.29 is 19.4 Å². The number of ether oxygens (including phenoxy) is 2. The highest BCUT2D eigenvalue weighted by molar-refractivity contribution is 5.85. The Morgan fingerprint density at radius 1 is 1.59 bits per heavy atom. The monoisotopic (exact) mass is 235 g/mol. The molecule has 0 aromatic carbocycles. The first-order chi connectivity index (χ1) is 8.24. The van der Waals surface area contributed by atoms with Crippen LogP contribution in [0.15, 0.2) is 24.4 Å². The van der Waals surface area contributed by atoms with Crippen LogP contribution in [-0.4, -0.2) is 35.4 Å². The number of nitrogens with zero attached hydrogens (tertiary/aromatic N) is 1. The SMILES string of the molecule is O=C(O)/C=C/c1ccc(OC2CCOC2)nc1. The average Bonchev–Trinajstić information content (AvgIpc) is 2.81. The highest BCUT2D eigenvalue weighted by Gasteiger charge is 2.17. The number of aromatic nitrogens is 1. The van der Waals surface area contributed by atoms with Gasteiger partial charge in [-0.2, -0.15) is 0 Å². The first-order valence-corrected chi connectivity index (χ1v) is 5.35. The molecule has 0 spiro atoms. The van der Waals surface area contributed by atoms with Crippen LogP contribution in [0.3, 0.4) is 0 Å². The number of hydrogen-bond acceptors (Lipinski definition) is 4. The first kappa shape index (κ1) is 11.6. The van der Waals surface area contributed by atoms with Crippen molar-refractivity contribution in [3.05, 3.63) is 30.0 Å². The van der Waals surface area contributed by atoms with Crippen molar-refractivity contribution in [2.75, 3.05) is 13.2 Å². The fraction of sp³-hybridized carbons (Fsp3) is 0.333. The molecule has 2 heterocycles. The standard InChI is InChI=1S/C12H13NO4/c14-12(15)4-2-9-1-3-11(13-7-9)17-10-5-6-16-8-10/h1-4,7,10H,5-6,8H2,(H,14,15)/b4-2+. The topological polar surface area (TPSA) is 68.7 Å². The molecule has 1 atom stereocenters. The van der Waals surface area contributed by atoms with E-state index in [-0.39, 0.29) is 6.10 Å². The predicted molar refractivity (Wildman–Crippen MR) is 60.8 cm³/mol. The van der Waals surface area contributed by atoms with Crippen molar-refractivity contribution in [2.24, 2.45) is 0 Å². The smallest absolute Gasteiger partial charge is 0.328 e. The Labute approximate surface area is 98.7 Å². The Hall–Kier alpha value is -1.88. The van der Waals surface area contributed by atoms with Crippen LogP contribution in [-0.2, 0) is 9.53 Å². The fourth-order valence-corrected chi connectivity index (χ4v) is 1.50. The van der Waals surface area contributed by atoms with Crippen molar-refractivity contribution in [2.45, 2.75) is 12.5 Å². The molecule has 1 aliphatic heterocycles. The highest BCUT2D eigenvalue weighted by atomic mass is 16.5. The van der Waals surface area contributed by atoms with Crippen LogP contribution in [0.25, 0.3) is 6.08 Å². The number of rotatable bonds is 4. The molecule has 1 aromatic heterocycles. The second kappa shape index (κ2) is 5.45. The van der Waals surface area contributed by atoms with E-state index in [1.165, 1.54) is 6.08 Å². The molecule has 17 heavy (non-hydrogen) atoms. The minimum absolute atomic E-state index is 0.0721. The van der Waals surface area contributed by atoms with Crippen molar-refractivity contribution >= 4 is 12.0 Å². The number of carboxylic acids is 1. The zero-order valence-electron chi connectivity index (χ0n) is 9.20. The minimum Gasteiger partial charge on any atom is -0.478 e. The maximum atomic E-state index is 10.3. The maximum Gasteiger partial charge on any atom is 0.328 e. The Morgan fingerprint density at radius 3 is 3.06 bits per heavy atom. The summed E-state index contributed by atoms with van der Waals surface area (Å²) in [6.07, 6.45) is 5.08.